The number of hydrogen-bond acceptors (Lipinski definition) is 5. The van der Waals surface area contributed by atoms with E-state index in [2.05, 4.69) is 9.97 Å². The Morgan fingerprint density at radius 3 is 2.63 bits per heavy atom. The van der Waals surface area contributed by atoms with E-state index in [1.54, 1.807) is 35.5 Å². The number of amides is 1. The zero-order valence-electron chi connectivity index (χ0n) is 14.7. The Balaban J connectivity index is 1.55. The van der Waals surface area contributed by atoms with Gasteiger partial charge in [0.2, 0.25) is 0 Å². The first-order valence-electron chi connectivity index (χ1n) is 8.48. The normalized spacial score (nSPS) is 10.9. The smallest absolute Gasteiger partial charge is 0.256 e. The lowest BCUT2D eigenvalue weighted by Gasteiger charge is -2.17. The summed E-state index contributed by atoms with van der Waals surface area (Å²) in [7, 11) is 1.80. The van der Waals surface area contributed by atoms with E-state index in [4.69, 9.17) is 0 Å². The Kier molecular flexibility index (Phi) is 5.18. The third kappa shape index (κ3) is 4.02. The molecule has 0 saturated heterocycles. The molecule has 4 nitrogen and oxygen atoms in total. The number of pyridine rings is 1. The molecule has 6 heteroatoms. The van der Waals surface area contributed by atoms with Gasteiger partial charge < -0.3 is 4.90 Å². The quantitative estimate of drug-likeness (QED) is 0.474. The van der Waals surface area contributed by atoms with Crippen molar-refractivity contribution in [2.24, 2.45) is 0 Å². The lowest BCUT2D eigenvalue weighted by atomic mass is 10.2. The van der Waals surface area contributed by atoms with Crippen molar-refractivity contribution in [2.45, 2.75) is 16.5 Å². The van der Waals surface area contributed by atoms with Crippen molar-refractivity contribution in [3.63, 3.8) is 0 Å². The predicted molar refractivity (Wildman–Crippen MR) is 110 cm³/mol. The summed E-state index contributed by atoms with van der Waals surface area (Å²) in [6.07, 6.45) is 1.72. The number of rotatable bonds is 5. The van der Waals surface area contributed by atoms with Gasteiger partial charge in [0.1, 0.15) is 10.0 Å². The zero-order valence-corrected chi connectivity index (χ0v) is 16.3. The van der Waals surface area contributed by atoms with Gasteiger partial charge in [0.15, 0.2) is 0 Å². The molecule has 0 atom stereocenters. The van der Waals surface area contributed by atoms with E-state index in [1.807, 2.05) is 60.7 Å². The van der Waals surface area contributed by atoms with Gasteiger partial charge in [-0.15, -0.1) is 11.3 Å². The molecular weight excluding hydrogens is 374 g/mol. The molecule has 0 fully saturated rings. The topological polar surface area (TPSA) is 46.1 Å². The molecule has 0 N–H and O–H groups in total. The zero-order chi connectivity index (χ0) is 18.6. The highest BCUT2D eigenvalue weighted by Crippen LogP contribution is 2.29. The number of thiazole rings is 1. The van der Waals surface area contributed by atoms with Crippen molar-refractivity contribution in [3.8, 4) is 0 Å². The standard InChI is InChI=1S/C21H17N3OS2/c1-24(14-19-23-17-11-5-6-12-18(17)27-19)21(25)16-10-7-13-22-20(16)26-15-8-3-2-4-9-15/h2-13H,14H2,1H3. The molecule has 2 heterocycles. The number of benzene rings is 2. The van der Waals surface area contributed by atoms with Crippen molar-refractivity contribution in [1.82, 2.24) is 14.9 Å². The third-order valence-corrected chi connectivity index (χ3v) is 6.06. The fraction of sp³-hybridized carbons (Fsp3) is 0.0952. The molecule has 0 saturated carbocycles. The Morgan fingerprint density at radius 2 is 1.81 bits per heavy atom. The van der Waals surface area contributed by atoms with E-state index in [0.29, 0.717) is 17.1 Å². The highest BCUT2D eigenvalue weighted by molar-refractivity contribution is 7.99. The summed E-state index contributed by atoms with van der Waals surface area (Å²) in [6, 6.07) is 21.6. The summed E-state index contributed by atoms with van der Waals surface area (Å²) in [4.78, 5) is 24.8. The molecule has 134 valence electrons. The average Bonchev–Trinajstić information content (AvgIpc) is 3.11. The van der Waals surface area contributed by atoms with Crippen LogP contribution in [-0.4, -0.2) is 27.8 Å². The van der Waals surface area contributed by atoms with Crippen molar-refractivity contribution in [3.05, 3.63) is 83.5 Å². The maximum atomic E-state index is 13.0. The summed E-state index contributed by atoms with van der Waals surface area (Å²) in [5.41, 5.74) is 1.58. The van der Waals surface area contributed by atoms with E-state index in [-0.39, 0.29) is 5.91 Å². The first-order chi connectivity index (χ1) is 13.2. The van der Waals surface area contributed by atoms with E-state index >= 15 is 0 Å². The highest BCUT2D eigenvalue weighted by Gasteiger charge is 2.18. The number of aromatic nitrogens is 2. The van der Waals surface area contributed by atoms with Crippen molar-refractivity contribution < 1.29 is 4.79 Å². The molecule has 4 rings (SSSR count). The van der Waals surface area contributed by atoms with Gasteiger partial charge in [-0.1, -0.05) is 42.1 Å². The van der Waals surface area contributed by atoms with Crippen LogP contribution in [0, 0.1) is 0 Å². The molecule has 4 aromatic rings. The molecule has 0 unspecified atom stereocenters. The van der Waals surface area contributed by atoms with Crippen LogP contribution in [-0.2, 0) is 6.54 Å². The Hall–Kier alpha value is -2.70. The maximum Gasteiger partial charge on any atom is 0.256 e. The highest BCUT2D eigenvalue weighted by atomic mass is 32.2. The molecule has 0 aliphatic rings. The predicted octanol–water partition coefficient (Wildman–Crippen LogP) is 5.11. The number of para-hydroxylation sites is 1. The van der Waals surface area contributed by atoms with Gasteiger partial charge in [0.25, 0.3) is 5.91 Å². The number of fused-ring (bicyclic) bond motifs is 1. The fourth-order valence-electron chi connectivity index (χ4n) is 2.70. The Labute approximate surface area is 165 Å². The van der Waals surface area contributed by atoms with Gasteiger partial charge in [-0.3, -0.25) is 4.79 Å². The van der Waals surface area contributed by atoms with E-state index in [0.717, 1.165) is 20.1 Å². The van der Waals surface area contributed by atoms with Gasteiger partial charge in [-0.2, -0.15) is 0 Å². The van der Waals surface area contributed by atoms with Gasteiger partial charge in [0.05, 0.1) is 22.3 Å². The van der Waals surface area contributed by atoms with Crippen LogP contribution in [0.2, 0.25) is 0 Å². The van der Waals surface area contributed by atoms with Crippen LogP contribution in [0.3, 0.4) is 0 Å². The molecule has 1 amide bonds. The fourth-order valence-corrected chi connectivity index (χ4v) is 4.62. The molecule has 0 radical (unpaired) electrons. The summed E-state index contributed by atoms with van der Waals surface area (Å²) in [6.45, 7) is 0.475. The largest absolute Gasteiger partial charge is 0.335 e. The van der Waals surface area contributed by atoms with Gasteiger partial charge >= 0.3 is 0 Å². The molecule has 2 aromatic heterocycles. The van der Waals surface area contributed by atoms with Crippen molar-refractivity contribution in [1.29, 1.82) is 0 Å². The van der Waals surface area contributed by atoms with Crippen molar-refractivity contribution >= 4 is 39.2 Å². The Bertz CT molecular complexity index is 1050. The average molecular weight is 392 g/mol. The first kappa shape index (κ1) is 17.7. The second-order valence-electron chi connectivity index (χ2n) is 6.01. The second-order valence-corrected chi connectivity index (χ2v) is 8.19. The van der Waals surface area contributed by atoms with Gasteiger partial charge in [-0.25, -0.2) is 9.97 Å². The molecule has 2 aromatic carbocycles. The summed E-state index contributed by atoms with van der Waals surface area (Å²) in [5.74, 6) is -0.0548. The SMILES string of the molecule is CN(Cc1nc2ccccc2s1)C(=O)c1cccnc1Sc1ccccc1. The van der Waals surface area contributed by atoms with Crippen LogP contribution >= 0.6 is 23.1 Å². The van der Waals surface area contributed by atoms with Crippen molar-refractivity contribution in [2.75, 3.05) is 7.05 Å². The lowest BCUT2D eigenvalue weighted by Crippen LogP contribution is -2.26. The maximum absolute atomic E-state index is 13.0. The van der Waals surface area contributed by atoms with Crippen LogP contribution in [0.5, 0.6) is 0 Å². The lowest BCUT2D eigenvalue weighted by molar-refractivity contribution is 0.0781. The minimum absolute atomic E-state index is 0.0548. The molecule has 0 spiro atoms. The monoisotopic (exact) mass is 391 g/mol. The molecule has 0 aliphatic heterocycles. The van der Waals surface area contributed by atoms with Crippen LogP contribution < -0.4 is 0 Å². The number of nitrogens with zero attached hydrogens (tertiary/aromatic N) is 3. The van der Waals surface area contributed by atoms with E-state index < -0.39 is 0 Å². The van der Waals surface area contributed by atoms with Crippen LogP contribution in [0.25, 0.3) is 10.2 Å². The van der Waals surface area contributed by atoms with E-state index in [1.165, 1.54) is 11.8 Å². The van der Waals surface area contributed by atoms with Crippen LogP contribution in [0.15, 0.2) is 82.8 Å². The molecular formula is C21H17N3OS2. The van der Waals surface area contributed by atoms with Gasteiger partial charge in [0, 0.05) is 18.1 Å². The third-order valence-electron chi connectivity index (χ3n) is 4.02. The van der Waals surface area contributed by atoms with Crippen LogP contribution in [0.4, 0.5) is 0 Å². The minimum Gasteiger partial charge on any atom is -0.335 e. The number of carbonyl (C=O) groups is 1. The molecule has 0 aliphatic carbocycles. The van der Waals surface area contributed by atoms with E-state index in [9.17, 15) is 4.79 Å². The number of hydrogen-bond donors (Lipinski definition) is 0. The summed E-state index contributed by atoms with van der Waals surface area (Å²) >= 11 is 3.12. The second kappa shape index (κ2) is 7.90. The minimum atomic E-state index is -0.0548. The Morgan fingerprint density at radius 1 is 1.04 bits per heavy atom. The molecule has 0 bridgehead atoms. The summed E-state index contributed by atoms with van der Waals surface area (Å²) in [5, 5.41) is 1.64. The summed E-state index contributed by atoms with van der Waals surface area (Å²) < 4.78 is 1.13. The molecule has 27 heavy (non-hydrogen) atoms. The van der Waals surface area contributed by atoms with Crippen LogP contribution in [0.1, 0.15) is 15.4 Å². The first-order valence-corrected chi connectivity index (χ1v) is 10.1. The number of carbonyl (C=O) groups excluding carboxylic acids is 1. The van der Waals surface area contributed by atoms with Gasteiger partial charge in [-0.05, 0) is 36.4 Å².